The van der Waals surface area contributed by atoms with Gasteiger partial charge in [0.1, 0.15) is 12.5 Å². The fraction of sp³-hybridized carbons (Fsp3) is 0.429. The highest BCUT2D eigenvalue weighted by Gasteiger charge is 2.25. The van der Waals surface area contributed by atoms with Gasteiger partial charge >= 0.3 is 0 Å². The molecule has 0 bridgehead atoms. The predicted molar refractivity (Wildman–Crippen MR) is 45.6 cm³/mol. The molecule has 78 valence electrons. The molecule has 1 aromatic heterocycles. The fourth-order valence-electron chi connectivity index (χ4n) is 0.991. The van der Waals surface area contributed by atoms with Crippen molar-refractivity contribution in [2.24, 2.45) is 0 Å². The van der Waals surface area contributed by atoms with Crippen LogP contribution in [0.1, 0.15) is 11.5 Å². The van der Waals surface area contributed by atoms with E-state index < -0.39 is 19.0 Å². The van der Waals surface area contributed by atoms with Gasteiger partial charge in [0.05, 0.1) is 5.92 Å². The van der Waals surface area contributed by atoms with E-state index in [1.54, 1.807) is 0 Å². The van der Waals surface area contributed by atoms with Gasteiger partial charge in [-0.3, -0.25) is 4.39 Å². The number of hydrogen-bond donors (Lipinski definition) is 2. The molecule has 0 spiro atoms. The van der Waals surface area contributed by atoms with E-state index in [9.17, 15) is 13.2 Å². The molecule has 14 heavy (non-hydrogen) atoms. The first kappa shape index (κ1) is 10.6. The van der Waals surface area contributed by atoms with E-state index in [0.717, 1.165) is 6.20 Å². The Labute approximate surface area is 78.1 Å². The summed E-state index contributed by atoms with van der Waals surface area (Å²) in [7, 11) is 0. The van der Waals surface area contributed by atoms with Crippen LogP contribution in [0.15, 0.2) is 6.20 Å². The van der Waals surface area contributed by atoms with Gasteiger partial charge in [-0.05, 0) is 0 Å². The van der Waals surface area contributed by atoms with Gasteiger partial charge in [-0.25, -0.2) is 13.8 Å². The monoisotopic (exact) mass is 206 g/mol. The quantitative estimate of drug-likeness (QED) is 0.772. The largest absolute Gasteiger partial charge is 0.383 e. The highest BCUT2D eigenvalue weighted by molar-refractivity contribution is 5.43. The number of halogens is 3. The summed E-state index contributed by atoms with van der Waals surface area (Å²) >= 11 is 0. The van der Waals surface area contributed by atoms with Gasteiger partial charge in [0.2, 0.25) is 12.4 Å². The highest BCUT2D eigenvalue weighted by Crippen LogP contribution is 2.26. The number of nitrogens with zero attached hydrogens (tertiary/aromatic N) is 2. The van der Waals surface area contributed by atoms with E-state index in [0.29, 0.717) is 0 Å². The first-order valence-electron chi connectivity index (χ1n) is 3.78. The number of nitrogens with two attached hydrogens (primary N) is 2. The molecule has 0 fully saturated rings. The zero-order chi connectivity index (χ0) is 10.7. The van der Waals surface area contributed by atoms with Crippen molar-refractivity contribution in [3.8, 4) is 0 Å². The smallest absolute Gasteiger partial charge is 0.248 e. The van der Waals surface area contributed by atoms with Gasteiger partial charge in [0, 0.05) is 11.8 Å². The molecule has 0 aromatic carbocycles. The van der Waals surface area contributed by atoms with Crippen LogP contribution in [-0.2, 0) is 0 Å². The summed E-state index contributed by atoms with van der Waals surface area (Å²) in [5, 5.41) is 0. The Kier molecular flexibility index (Phi) is 3.10. The molecule has 4 nitrogen and oxygen atoms in total. The third kappa shape index (κ3) is 2.04. The summed E-state index contributed by atoms with van der Waals surface area (Å²) in [5.41, 5.74) is 10.4. The standard InChI is InChI=1S/C7H9F3N4/c8-1-3(5(9)10)4-2-13-7(12)14-6(4)11/h2-3,5H,1H2,(H4,11,12,13,14). The van der Waals surface area contributed by atoms with Crippen LogP contribution in [0.4, 0.5) is 24.9 Å². The zero-order valence-electron chi connectivity index (χ0n) is 7.12. The summed E-state index contributed by atoms with van der Waals surface area (Å²) < 4.78 is 36.8. The molecular weight excluding hydrogens is 197 g/mol. The zero-order valence-corrected chi connectivity index (χ0v) is 7.12. The molecule has 1 rings (SSSR count). The maximum absolute atomic E-state index is 12.3. The summed E-state index contributed by atoms with van der Waals surface area (Å²) in [6.07, 6.45) is -1.82. The molecule has 0 saturated heterocycles. The Hall–Kier alpha value is -1.53. The number of aromatic nitrogens is 2. The van der Waals surface area contributed by atoms with E-state index in [-0.39, 0.29) is 17.3 Å². The minimum Gasteiger partial charge on any atom is -0.383 e. The molecule has 0 aliphatic carbocycles. The summed E-state index contributed by atoms with van der Waals surface area (Å²) in [5.74, 6) is -1.92. The van der Waals surface area contributed by atoms with Crippen molar-refractivity contribution in [3.05, 3.63) is 11.8 Å². The van der Waals surface area contributed by atoms with Crippen molar-refractivity contribution in [3.63, 3.8) is 0 Å². The molecule has 0 aliphatic heterocycles. The second kappa shape index (κ2) is 4.12. The number of rotatable bonds is 3. The van der Waals surface area contributed by atoms with Gasteiger partial charge in [-0.1, -0.05) is 0 Å². The van der Waals surface area contributed by atoms with E-state index in [2.05, 4.69) is 9.97 Å². The van der Waals surface area contributed by atoms with Crippen molar-refractivity contribution in [2.75, 3.05) is 18.1 Å². The topological polar surface area (TPSA) is 77.8 Å². The minimum atomic E-state index is -2.84. The van der Waals surface area contributed by atoms with Gasteiger partial charge in [0.25, 0.3) is 0 Å². The van der Waals surface area contributed by atoms with E-state index in [1.165, 1.54) is 0 Å². The Morgan fingerprint density at radius 3 is 2.43 bits per heavy atom. The Morgan fingerprint density at radius 1 is 1.36 bits per heavy atom. The van der Waals surface area contributed by atoms with Gasteiger partial charge in [-0.2, -0.15) is 4.98 Å². The van der Waals surface area contributed by atoms with E-state index in [1.807, 2.05) is 0 Å². The van der Waals surface area contributed by atoms with Gasteiger partial charge in [-0.15, -0.1) is 0 Å². The van der Waals surface area contributed by atoms with E-state index in [4.69, 9.17) is 11.5 Å². The van der Waals surface area contributed by atoms with Crippen LogP contribution >= 0.6 is 0 Å². The fourth-order valence-corrected chi connectivity index (χ4v) is 0.991. The second-order valence-electron chi connectivity index (χ2n) is 2.66. The van der Waals surface area contributed by atoms with Crippen LogP contribution in [0.3, 0.4) is 0 Å². The van der Waals surface area contributed by atoms with Crippen LogP contribution in [0.25, 0.3) is 0 Å². The lowest BCUT2D eigenvalue weighted by Gasteiger charge is -2.13. The Bertz CT molecular complexity index is 318. The molecule has 1 heterocycles. The SMILES string of the molecule is Nc1ncc(C(CF)C(F)F)c(N)n1. The van der Waals surface area contributed by atoms with Crippen LogP contribution in [0.5, 0.6) is 0 Å². The second-order valence-corrected chi connectivity index (χ2v) is 2.66. The summed E-state index contributed by atoms with van der Waals surface area (Å²) in [6.45, 7) is -1.21. The number of alkyl halides is 3. The number of hydrogen-bond acceptors (Lipinski definition) is 4. The molecule has 0 amide bonds. The average molecular weight is 206 g/mol. The average Bonchev–Trinajstić information content (AvgIpc) is 2.09. The van der Waals surface area contributed by atoms with Gasteiger partial charge < -0.3 is 11.5 Å². The van der Waals surface area contributed by atoms with Crippen molar-refractivity contribution in [1.29, 1.82) is 0 Å². The number of nitrogen functional groups attached to an aromatic ring is 2. The first-order chi connectivity index (χ1) is 6.56. The van der Waals surface area contributed by atoms with Crippen molar-refractivity contribution < 1.29 is 13.2 Å². The van der Waals surface area contributed by atoms with Crippen LogP contribution in [0, 0.1) is 0 Å². The normalized spacial score (nSPS) is 13.1. The molecule has 4 N–H and O–H groups in total. The molecule has 7 heteroatoms. The maximum atomic E-state index is 12.3. The van der Waals surface area contributed by atoms with Crippen LogP contribution < -0.4 is 11.5 Å². The lowest BCUT2D eigenvalue weighted by Crippen LogP contribution is -2.15. The lowest BCUT2D eigenvalue weighted by molar-refractivity contribution is 0.101. The van der Waals surface area contributed by atoms with E-state index >= 15 is 0 Å². The summed E-state index contributed by atoms with van der Waals surface area (Å²) in [4.78, 5) is 6.95. The lowest BCUT2D eigenvalue weighted by atomic mass is 10.0. The van der Waals surface area contributed by atoms with Crippen LogP contribution in [0.2, 0.25) is 0 Å². The summed E-state index contributed by atoms with van der Waals surface area (Å²) in [6, 6.07) is 0. The molecule has 1 unspecified atom stereocenters. The molecule has 1 aromatic rings. The first-order valence-corrected chi connectivity index (χ1v) is 3.78. The number of anilines is 2. The van der Waals surface area contributed by atoms with Gasteiger partial charge in [0.15, 0.2) is 0 Å². The molecular formula is C7H9F3N4. The molecule has 0 saturated carbocycles. The third-order valence-corrected chi connectivity index (χ3v) is 1.74. The van der Waals surface area contributed by atoms with Crippen LogP contribution in [-0.4, -0.2) is 23.1 Å². The molecule has 1 atom stereocenters. The third-order valence-electron chi connectivity index (χ3n) is 1.74. The van der Waals surface area contributed by atoms with Crippen molar-refractivity contribution >= 4 is 11.8 Å². The van der Waals surface area contributed by atoms with Crippen molar-refractivity contribution in [2.45, 2.75) is 12.3 Å². The van der Waals surface area contributed by atoms with Crippen molar-refractivity contribution in [1.82, 2.24) is 9.97 Å². The Morgan fingerprint density at radius 2 is 2.00 bits per heavy atom. The predicted octanol–water partition coefficient (Wildman–Crippen LogP) is 0.959. The Balaban J connectivity index is 3.04. The molecule has 0 aliphatic rings. The highest BCUT2D eigenvalue weighted by atomic mass is 19.3. The maximum Gasteiger partial charge on any atom is 0.248 e. The molecule has 0 radical (unpaired) electrons. The minimum absolute atomic E-state index is 0.114.